The molecule has 0 aliphatic heterocycles. The Bertz CT molecular complexity index is 429. The fraction of sp³-hybridized carbons (Fsp3) is 0.300. The van der Waals surface area contributed by atoms with Crippen LogP contribution in [-0.2, 0) is 6.54 Å². The Morgan fingerprint density at radius 2 is 2.00 bits per heavy atom. The van der Waals surface area contributed by atoms with Crippen molar-refractivity contribution in [3.05, 3.63) is 29.0 Å². The minimum atomic E-state index is 0.687. The Morgan fingerprint density at radius 3 is 2.69 bits per heavy atom. The third-order valence-corrected chi connectivity index (χ3v) is 2.59. The van der Waals surface area contributed by atoms with Gasteiger partial charge in [-0.3, -0.25) is 0 Å². The molecule has 0 aliphatic rings. The van der Waals surface area contributed by atoms with Crippen molar-refractivity contribution in [2.24, 2.45) is 0 Å². The quantitative estimate of drug-likeness (QED) is 0.829. The SMILES string of the molecule is CCNc1cc(NCc2cscn2)ncn1. The van der Waals surface area contributed by atoms with Crippen LogP contribution in [-0.4, -0.2) is 21.5 Å². The average molecular weight is 235 g/mol. The molecule has 0 atom stereocenters. The first kappa shape index (κ1) is 10.8. The van der Waals surface area contributed by atoms with Crippen LogP contribution >= 0.6 is 11.3 Å². The maximum Gasteiger partial charge on any atom is 0.131 e. The summed E-state index contributed by atoms with van der Waals surface area (Å²) in [4.78, 5) is 12.4. The first-order valence-corrected chi connectivity index (χ1v) is 5.99. The maximum atomic E-state index is 4.19. The summed E-state index contributed by atoms with van der Waals surface area (Å²) in [7, 11) is 0. The zero-order valence-electron chi connectivity index (χ0n) is 8.97. The predicted molar refractivity (Wildman–Crippen MR) is 65.6 cm³/mol. The fourth-order valence-electron chi connectivity index (χ4n) is 1.24. The molecule has 2 aromatic rings. The summed E-state index contributed by atoms with van der Waals surface area (Å²) < 4.78 is 0. The molecule has 6 heteroatoms. The van der Waals surface area contributed by atoms with E-state index in [1.54, 1.807) is 17.7 Å². The van der Waals surface area contributed by atoms with E-state index in [0.717, 1.165) is 23.9 Å². The van der Waals surface area contributed by atoms with Crippen LogP contribution in [0.1, 0.15) is 12.6 Å². The summed E-state index contributed by atoms with van der Waals surface area (Å²) in [5.74, 6) is 1.64. The number of hydrogen-bond donors (Lipinski definition) is 2. The second-order valence-corrected chi connectivity index (χ2v) is 3.87. The van der Waals surface area contributed by atoms with Crippen molar-refractivity contribution in [1.82, 2.24) is 15.0 Å². The molecule has 0 bridgehead atoms. The molecule has 0 spiro atoms. The van der Waals surface area contributed by atoms with Crippen LogP contribution in [0.3, 0.4) is 0 Å². The molecule has 2 N–H and O–H groups in total. The summed E-state index contributed by atoms with van der Waals surface area (Å²) in [6, 6.07) is 1.88. The molecule has 0 fully saturated rings. The van der Waals surface area contributed by atoms with E-state index in [9.17, 15) is 0 Å². The normalized spacial score (nSPS) is 10.1. The highest BCUT2D eigenvalue weighted by atomic mass is 32.1. The molecule has 5 nitrogen and oxygen atoms in total. The van der Waals surface area contributed by atoms with Crippen molar-refractivity contribution >= 4 is 23.0 Å². The largest absolute Gasteiger partial charge is 0.370 e. The molecule has 0 saturated carbocycles. The molecule has 0 saturated heterocycles. The summed E-state index contributed by atoms with van der Waals surface area (Å²) in [6.45, 7) is 3.57. The van der Waals surface area contributed by atoms with E-state index < -0.39 is 0 Å². The molecule has 0 amide bonds. The van der Waals surface area contributed by atoms with Gasteiger partial charge < -0.3 is 10.6 Å². The lowest BCUT2D eigenvalue weighted by atomic mass is 10.4. The minimum Gasteiger partial charge on any atom is -0.370 e. The van der Waals surface area contributed by atoms with E-state index in [1.165, 1.54) is 0 Å². The molecular formula is C10H13N5S. The number of nitrogens with zero attached hydrogens (tertiary/aromatic N) is 3. The third kappa shape index (κ3) is 2.90. The number of nitrogens with one attached hydrogen (secondary N) is 2. The van der Waals surface area contributed by atoms with Crippen LogP contribution in [0.15, 0.2) is 23.3 Å². The molecule has 0 aliphatic carbocycles. The Labute approximate surface area is 98.0 Å². The Balaban J connectivity index is 1.96. The van der Waals surface area contributed by atoms with Crippen molar-refractivity contribution in [2.75, 3.05) is 17.2 Å². The number of rotatable bonds is 5. The zero-order chi connectivity index (χ0) is 11.2. The lowest BCUT2D eigenvalue weighted by molar-refractivity contribution is 1.03. The first-order valence-electron chi connectivity index (χ1n) is 5.05. The van der Waals surface area contributed by atoms with Gasteiger partial charge in [0.05, 0.1) is 17.7 Å². The van der Waals surface area contributed by atoms with Crippen LogP contribution < -0.4 is 10.6 Å². The van der Waals surface area contributed by atoms with Crippen molar-refractivity contribution in [3.63, 3.8) is 0 Å². The van der Waals surface area contributed by atoms with E-state index in [4.69, 9.17) is 0 Å². The molecule has 0 unspecified atom stereocenters. The zero-order valence-corrected chi connectivity index (χ0v) is 9.79. The van der Waals surface area contributed by atoms with Gasteiger partial charge in [0.1, 0.15) is 18.0 Å². The van der Waals surface area contributed by atoms with E-state index in [2.05, 4.69) is 25.6 Å². The second-order valence-electron chi connectivity index (χ2n) is 3.15. The van der Waals surface area contributed by atoms with Gasteiger partial charge in [-0.05, 0) is 6.92 Å². The van der Waals surface area contributed by atoms with Crippen LogP contribution in [0.5, 0.6) is 0 Å². The van der Waals surface area contributed by atoms with Gasteiger partial charge in [-0.15, -0.1) is 11.3 Å². The minimum absolute atomic E-state index is 0.687. The van der Waals surface area contributed by atoms with Gasteiger partial charge in [0, 0.05) is 18.0 Å². The van der Waals surface area contributed by atoms with E-state index in [-0.39, 0.29) is 0 Å². The summed E-state index contributed by atoms with van der Waals surface area (Å²) in [6.07, 6.45) is 1.54. The van der Waals surface area contributed by atoms with Gasteiger partial charge >= 0.3 is 0 Å². The second kappa shape index (κ2) is 5.41. The van der Waals surface area contributed by atoms with Crippen LogP contribution in [0.25, 0.3) is 0 Å². The highest BCUT2D eigenvalue weighted by Crippen LogP contribution is 2.10. The van der Waals surface area contributed by atoms with Crippen molar-refractivity contribution in [2.45, 2.75) is 13.5 Å². The topological polar surface area (TPSA) is 62.7 Å². The molecule has 2 rings (SSSR count). The van der Waals surface area contributed by atoms with E-state index in [1.807, 2.05) is 23.9 Å². The predicted octanol–water partition coefficient (Wildman–Crippen LogP) is 1.98. The molecule has 0 radical (unpaired) electrons. The molecule has 84 valence electrons. The lowest BCUT2D eigenvalue weighted by Crippen LogP contribution is -2.04. The Morgan fingerprint density at radius 1 is 1.19 bits per heavy atom. The highest BCUT2D eigenvalue weighted by molar-refractivity contribution is 7.07. The maximum absolute atomic E-state index is 4.19. The number of aromatic nitrogens is 3. The van der Waals surface area contributed by atoms with Crippen molar-refractivity contribution in [3.8, 4) is 0 Å². The number of thiazole rings is 1. The molecule has 16 heavy (non-hydrogen) atoms. The Kier molecular flexibility index (Phi) is 3.66. The van der Waals surface area contributed by atoms with Gasteiger partial charge in [-0.2, -0.15) is 0 Å². The summed E-state index contributed by atoms with van der Waals surface area (Å²) in [5, 5.41) is 8.35. The molecule has 2 heterocycles. The number of anilines is 2. The smallest absolute Gasteiger partial charge is 0.131 e. The lowest BCUT2D eigenvalue weighted by Gasteiger charge is -2.05. The monoisotopic (exact) mass is 235 g/mol. The molecule has 2 aromatic heterocycles. The highest BCUT2D eigenvalue weighted by Gasteiger charge is 1.98. The Hall–Kier alpha value is -1.69. The van der Waals surface area contributed by atoms with E-state index >= 15 is 0 Å². The number of hydrogen-bond acceptors (Lipinski definition) is 6. The van der Waals surface area contributed by atoms with E-state index in [0.29, 0.717) is 6.54 Å². The van der Waals surface area contributed by atoms with Gasteiger partial charge in [0.15, 0.2) is 0 Å². The average Bonchev–Trinajstić information content (AvgIpc) is 2.80. The summed E-state index contributed by atoms with van der Waals surface area (Å²) >= 11 is 1.59. The van der Waals surface area contributed by atoms with Crippen LogP contribution in [0.2, 0.25) is 0 Å². The van der Waals surface area contributed by atoms with Gasteiger partial charge in [-0.1, -0.05) is 0 Å². The third-order valence-electron chi connectivity index (χ3n) is 1.96. The summed E-state index contributed by atoms with van der Waals surface area (Å²) in [5.41, 5.74) is 2.84. The van der Waals surface area contributed by atoms with Gasteiger partial charge in [0.2, 0.25) is 0 Å². The van der Waals surface area contributed by atoms with Gasteiger partial charge in [0.25, 0.3) is 0 Å². The molecular weight excluding hydrogens is 222 g/mol. The van der Waals surface area contributed by atoms with Crippen molar-refractivity contribution in [1.29, 1.82) is 0 Å². The molecule has 0 aromatic carbocycles. The standard InChI is InChI=1S/C10H13N5S/c1-2-11-9-3-10(14-6-13-9)12-4-8-5-16-7-15-8/h3,5-7H,2,4H2,1H3,(H2,11,12,13,14). The fourth-order valence-corrected chi connectivity index (χ4v) is 1.80. The van der Waals surface area contributed by atoms with Crippen LogP contribution in [0, 0.1) is 0 Å². The van der Waals surface area contributed by atoms with Crippen LogP contribution in [0.4, 0.5) is 11.6 Å². The first-order chi connectivity index (χ1) is 7.88. The van der Waals surface area contributed by atoms with Gasteiger partial charge in [-0.25, -0.2) is 15.0 Å². The van der Waals surface area contributed by atoms with Crippen molar-refractivity contribution < 1.29 is 0 Å².